The molecule has 0 saturated carbocycles. The number of hydrogen-bond acceptors (Lipinski definition) is 4. The van der Waals surface area contributed by atoms with Gasteiger partial charge in [-0.15, -0.1) is 0 Å². The molecule has 0 aliphatic carbocycles. The van der Waals surface area contributed by atoms with E-state index in [1.54, 1.807) is 29.7 Å². The molecule has 0 amide bonds. The maximum atomic E-state index is 12.5. The highest BCUT2D eigenvalue weighted by Crippen LogP contribution is 2.23. The Kier molecular flexibility index (Phi) is 4.69. The zero-order chi connectivity index (χ0) is 14.7. The van der Waals surface area contributed by atoms with E-state index in [-0.39, 0.29) is 10.8 Å². The zero-order valence-corrected chi connectivity index (χ0v) is 12.8. The molecule has 1 aromatic carbocycles. The lowest BCUT2D eigenvalue weighted by Gasteiger charge is -2.12. The zero-order valence-electron chi connectivity index (χ0n) is 11.3. The Morgan fingerprint density at radius 3 is 2.95 bits per heavy atom. The van der Waals surface area contributed by atoms with Crippen LogP contribution in [0.2, 0.25) is 5.02 Å². The van der Waals surface area contributed by atoms with Crippen LogP contribution in [0, 0.1) is 11.3 Å². The number of halogens is 1. The molecule has 1 heterocycles. The van der Waals surface area contributed by atoms with Crippen molar-refractivity contribution in [3.8, 4) is 6.07 Å². The highest BCUT2D eigenvalue weighted by Gasteiger charge is 2.14. The van der Waals surface area contributed by atoms with Gasteiger partial charge in [0.1, 0.15) is 0 Å². The molecular formula is C14H14ClN3OS. The number of rotatable bonds is 4. The molecule has 0 bridgehead atoms. The SMILES string of the molecule is CCCn1c(SC(C)C#N)nc2cc(Cl)ccc2c1=O. The molecular weight excluding hydrogens is 294 g/mol. The monoisotopic (exact) mass is 307 g/mol. The molecule has 6 heteroatoms. The summed E-state index contributed by atoms with van der Waals surface area (Å²) in [5.74, 6) is 0. The van der Waals surface area contributed by atoms with Gasteiger partial charge in [0, 0.05) is 11.6 Å². The third kappa shape index (κ3) is 2.97. The van der Waals surface area contributed by atoms with Gasteiger partial charge in [0.05, 0.1) is 22.2 Å². The van der Waals surface area contributed by atoms with Crippen molar-refractivity contribution in [2.45, 2.75) is 37.2 Å². The van der Waals surface area contributed by atoms with Gasteiger partial charge < -0.3 is 0 Å². The Labute approximate surface area is 126 Å². The summed E-state index contributed by atoms with van der Waals surface area (Å²) in [6.45, 7) is 4.38. The van der Waals surface area contributed by atoms with Gasteiger partial charge in [0.2, 0.25) is 0 Å². The minimum Gasteiger partial charge on any atom is -0.287 e. The molecule has 0 spiro atoms. The number of aromatic nitrogens is 2. The summed E-state index contributed by atoms with van der Waals surface area (Å²) >= 11 is 7.24. The smallest absolute Gasteiger partial charge is 0.262 e. The van der Waals surface area contributed by atoms with Gasteiger partial charge in [-0.1, -0.05) is 30.3 Å². The first-order valence-corrected chi connectivity index (χ1v) is 7.59. The molecule has 2 aromatic rings. The number of fused-ring (bicyclic) bond motifs is 1. The molecule has 1 unspecified atom stereocenters. The van der Waals surface area contributed by atoms with Crippen molar-refractivity contribution in [3.05, 3.63) is 33.6 Å². The Morgan fingerprint density at radius 2 is 2.30 bits per heavy atom. The Bertz CT molecular complexity index is 736. The fourth-order valence-corrected chi connectivity index (χ4v) is 2.86. The highest BCUT2D eigenvalue weighted by molar-refractivity contribution is 8.00. The molecule has 0 N–H and O–H groups in total. The van der Waals surface area contributed by atoms with Crippen molar-refractivity contribution in [2.24, 2.45) is 0 Å². The normalized spacial score (nSPS) is 12.3. The quantitative estimate of drug-likeness (QED) is 0.641. The molecule has 0 saturated heterocycles. The van der Waals surface area contributed by atoms with Gasteiger partial charge in [0.15, 0.2) is 5.16 Å². The lowest BCUT2D eigenvalue weighted by atomic mass is 10.2. The number of thioether (sulfide) groups is 1. The summed E-state index contributed by atoms with van der Waals surface area (Å²) in [4.78, 5) is 17.0. The molecule has 4 nitrogen and oxygen atoms in total. The summed E-state index contributed by atoms with van der Waals surface area (Å²) in [6, 6.07) is 7.20. The van der Waals surface area contributed by atoms with Crippen LogP contribution in [0.15, 0.2) is 28.2 Å². The molecule has 0 radical (unpaired) electrons. The van der Waals surface area contributed by atoms with E-state index in [4.69, 9.17) is 16.9 Å². The predicted octanol–water partition coefficient (Wildman–Crippen LogP) is 3.46. The molecule has 1 aromatic heterocycles. The summed E-state index contributed by atoms with van der Waals surface area (Å²) in [6.07, 6.45) is 0.829. The minimum atomic E-state index is -0.262. The highest BCUT2D eigenvalue weighted by atomic mass is 35.5. The molecule has 20 heavy (non-hydrogen) atoms. The molecule has 0 aliphatic heterocycles. The van der Waals surface area contributed by atoms with Crippen LogP contribution in [-0.4, -0.2) is 14.8 Å². The van der Waals surface area contributed by atoms with Crippen molar-refractivity contribution < 1.29 is 0 Å². The molecule has 104 valence electrons. The van der Waals surface area contributed by atoms with Crippen LogP contribution >= 0.6 is 23.4 Å². The van der Waals surface area contributed by atoms with Crippen molar-refractivity contribution >= 4 is 34.3 Å². The van der Waals surface area contributed by atoms with Crippen molar-refractivity contribution in [1.82, 2.24) is 9.55 Å². The van der Waals surface area contributed by atoms with Crippen molar-refractivity contribution in [1.29, 1.82) is 5.26 Å². The topological polar surface area (TPSA) is 58.7 Å². The van der Waals surface area contributed by atoms with Gasteiger partial charge in [0.25, 0.3) is 5.56 Å². The minimum absolute atomic E-state index is 0.0823. The van der Waals surface area contributed by atoms with E-state index in [9.17, 15) is 4.79 Å². The van der Waals surface area contributed by atoms with Gasteiger partial charge in [-0.2, -0.15) is 5.26 Å². The van der Waals surface area contributed by atoms with Crippen LogP contribution in [-0.2, 0) is 6.54 Å². The third-order valence-electron chi connectivity index (χ3n) is 2.79. The number of hydrogen-bond donors (Lipinski definition) is 0. The average Bonchev–Trinajstić information content (AvgIpc) is 2.42. The summed E-state index contributed by atoms with van der Waals surface area (Å²) in [7, 11) is 0. The van der Waals surface area contributed by atoms with Crippen LogP contribution < -0.4 is 5.56 Å². The summed E-state index contributed by atoms with van der Waals surface area (Å²) < 4.78 is 1.63. The Morgan fingerprint density at radius 1 is 1.55 bits per heavy atom. The van der Waals surface area contributed by atoms with Crippen molar-refractivity contribution in [3.63, 3.8) is 0 Å². The number of nitriles is 1. The van der Waals surface area contributed by atoms with Crippen LogP contribution in [0.5, 0.6) is 0 Å². The molecule has 1 atom stereocenters. The summed E-state index contributed by atoms with van der Waals surface area (Å²) in [5, 5.41) is 10.3. The first-order valence-electron chi connectivity index (χ1n) is 6.33. The van der Waals surface area contributed by atoms with Gasteiger partial charge >= 0.3 is 0 Å². The summed E-state index contributed by atoms with van der Waals surface area (Å²) in [5.41, 5.74) is 0.489. The van der Waals surface area contributed by atoms with Crippen LogP contribution in [0.1, 0.15) is 20.3 Å². The van der Waals surface area contributed by atoms with E-state index in [0.29, 0.717) is 27.6 Å². The maximum Gasteiger partial charge on any atom is 0.262 e. The third-order valence-corrected chi connectivity index (χ3v) is 4.01. The Balaban J connectivity index is 2.67. The Hall–Kier alpha value is -1.51. The number of nitrogens with zero attached hydrogens (tertiary/aromatic N) is 3. The largest absolute Gasteiger partial charge is 0.287 e. The van der Waals surface area contributed by atoms with Gasteiger partial charge in [-0.25, -0.2) is 4.98 Å². The molecule has 0 fully saturated rings. The second-order valence-electron chi connectivity index (χ2n) is 4.40. The standard InChI is InChI=1S/C14H14ClN3OS/c1-3-6-18-13(19)11-5-4-10(15)7-12(11)17-14(18)20-9(2)8-16/h4-5,7,9H,3,6H2,1-2H3. The number of benzene rings is 1. The van der Waals surface area contributed by atoms with E-state index >= 15 is 0 Å². The van der Waals surface area contributed by atoms with E-state index in [1.165, 1.54) is 11.8 Å². The molecule has 2 rings (SSSR count). The second-order valence-corrected chi connectivity index (χ2v) is 6.15. The van der Waals surface area contributed by atoms with Gasteiger partial charge in [-0.05, 0) is 31.5 Å². The van der Waals surface area contributed by atoms with E-state index in [1.807, 2.05) is 6.92 Å². The fraction of sp³-hybridized carbons (Fsp3) is 0.357. The van der Waals surface area contributed by atoms with Gasteiger partial charge in [-0.3, -0.25) is 9.36 Å². The van der Waals surface area contributed by atoms with E-state index in [0.717, 1.165) is 6.42 Å². The van der Waals surface area contributed by atoms with E-state index < -0.39 is 0 Å². The van der Waals surface area contributed by atoms with E-state index in [2.05, 4.69) is 11.1 Å². The van der Waals surface area contributed by atoms with Crippen molar-refractivity contribution in [2.75, 3.05) is 0 Å². The van der Waals surface area contributed by atoms with Crippen LogP contribution in [0.3, 0.4) is 0 Å². The predicted molar refractivity (Wildman–Crippen MR) is 82.2 cm³/mol. The lowest BCUT2D eigenvalue weighted by Crippen LogP contribution is -2.23. The average molecular weight is 308 g/mol. The lowest BCUT2D eigenvalue weighted by molar-refractivity contribution is 0.584. The van der Waals surface area contributed by atoms with Crippen LogP contribution in [0.4, 0.5) is 0 Å². The fourth-order valence-electron chi connectivity index (χ4n) is 1.87. The first kappa shape index (κ1) is 14.9. The van der Waals surface area contributed by atoms with Crippen LogP contribution in [0.25, 0.3) is 10.9 Å². The molecule has 0 aliphatic rings. The second kappa shape index (κ2) is 6.29. The first-order chi connectivity index (χ1) is 9.56. The maximum absolute atomic E-state index is 12.5.